The molecule has 0 bridgehead atoms. The highest BCUT2D eigenvalue weighted by Crippen LogP contribution is 2.26. The number of nitrogens with one attached hydrogen (secondary N) is 1. The summed E-state index contributed by atoms with van der Waals surface area (Å²) in [7, 11) is 1.65. The number of benzene rings is 1. The van der Waals surface area contributed by atoms with Crippen LogP contribution >= 0.6 is 0 Å². The first kappa shape index (κ1) is 19.8. The average Bonchev–Trinajstić information content (AvgIpc) is 2.83. The number of nitrogens with zero attached hydrogens (tertiary/aromatic N) is 4. The first-order valence-corrected chi connectivity index (χ1v) is 10.1. The van der Waals surface area contributed by atoms with Gasteiger partial charge in [-0.3, -0.25) is 9.78 Å². The summed E-state index contributed by atoms with van der Waals surface area (Å²) in [5, 5.41) is 3.04. The molecule has 0 aliphatic carbocycles. The summed E-state index contributed by atoms with van der Waals surface area (Å²) in [6.45, 7) is 2.14. The fourth-order valence-corrected chi connectivity index (χ4v) is 3.64. The number of hydrogen-bond acceptors (Lipinski definition) is 6. The van der Waals surface area contributed by atoms with Crippen molar-refractivity contribution in [3.05, 3.63) is 66.7 Å². The van der Waals surface area contributed by atoms with Crippen molar-refractivity contribution in [3.8, 4) is 17.0 Å². The Bertz CT molecular complexity index is 970. The molecule has 30 heavy (non-hydrogen) atoms. The van der Waals surface area contributed by atoms with E-state index in [2.05, 4.69) is 25.2 Å². The quantitative estimate of drug-likeness (QED) is 0.681. The van der Waals surface area contributed by atoms with E-state index in [1.807, 2.05) is 42.5 Å². The van der Waals surface area contributed by atoms with Crippen molar-refractivity contribution < 1.29 is 9.53 Å². The summed E-state index contributed by atoms with van der Waals surface area (Å²) in [4.78, 5) is 27.6. The molecule has 1 saturated heterocycles. The minimum atomic E-state index is 0.0333. The summed E-state index contributed by atoms with van der Waals surface area (Å²) in [6.07, 6.45) is 6.69. The Kier molecular flexibility index (Phi) is 6.17. The first-order chi connectivity index (χ1) is 14.7. The van der Waals surface area contributed by atoms with Crippen LogP contribution < -0.4 is 15.0 Å². The lowest BCUT2D eigenvalue weighted by Crippen LogP contribution is -2.40. The van der Waals surface area contributed by atoms with Gasteiger partial charge in [0.05, 0.1) is 12.8 Å². The van der Waals surface area contributed by atoms with Gasteiger partial charge in [-0.15, -0.1) is 0 Å². The van der Waals surface area contributed by atoms with Crippen molar-refractivity contribution in [1.82, 2.24) is 20.3 Å². The molecule has 0 saturated carbocycles. The number of rotatable bonds is 6. The van der Waals surface area contributed by atoms with E-state index < -0.39 is 0 Å². The molecular weight excluding hydrogens is 378 g/mol. The zero-order valence-corrected chi connectivity index (χ0v) is 17.0. The summed E-state index contributed by atoms with van der Waals surface area (Å²) in [5.74, 6) is 1.86. The topological polar surface area (TPSA) is 80.2 Å². The molecule has 1 fully saturated rings. The van der Waals surface area contributed by atoms with Crippen molar-refractivity contribution in [3.63, 3.8) is 0 Å². The maximum Gasteiger partial charge on any atom is 0.223 e. The maximum absolute atomic E-state index is 12.5. The average molecular weight is 403 g/mol. The van der Waals surface area contributed by atoms with E-state index in [1.165, 1.54) is 0 Å². The van der Waals surface area contributed by atoms with Crippen LogP contribution in [-0.2, 0) is 11.3 Å². The Hall–Kier alpha value is -3.48. The summed E-state index contributed by atoms with van der Waals surface area (Å²) < 4.78 is 5.22. The number of pyridine rings is 1. The van der Waals surface area contributed by atoms with E-state index in [0.29, 0.717) is 6.54 Å². The van der Waals surface area contributed by atoms with E-state index >= 15 is 0 Å². The number of carbonyl (C=O) groups is 1. The fourth-order valence-electron chi connectivity index (χ4n) is 3.64. The fraction of sp³-hybridized carbons (Fsp3) is 0.304. The lowest BCUT2D eigenvalue weighted by atomic mass is 9.95. The third-order valence-electron chi connectivity index (χ3n) is 5.44. The van der Waals surface area contributed by atoms with Gasteiger partial charge in [0.15, 0.2) is 0 Å². The highest BCUT2D eigenvalue weighted by molar-refractivity contribution is 5.79. The van der Waals surface area contributed by atoms with E-state index in [0.717, 1.165) is 54.3 Å². The minimum Gasteiger partial charge on any atom is -0.497 e. The van der Waals surface area contributed by atoms with Gasteiger partial charge >= 0.3 is 0 Å². The number of aromatic nitrogens is 3. The summed E-state index contributed by atoms with van der Waals surface area (Å²) in [5.41, 5.74) is 2.95. The predicted octanol–water partition coefficient (Wildman–Crippen LogP) is 3.08. The Morgan fingerprint density at radius 2 is 1.83 bits per heavy atom. The number of ether oxygens (including phenoxy) is 1. The van der Waals surface area contributed by atoms with Gasteiger partial charge in [-0.25, -0.2) is 9.97 Å². The van der Waals surface area contributed by atoms with E-state index in [9.17, 15) is 4.79 Å². The largest absolute Gasteiger partial charge is 0.497 e. The van der Waals surface area contributed by atoms with Gasteiger partial charge in [0.1, 0.15) is 17.9 Å². The van der Waals surface area contributed by atoms with Gasteiger partial charge in [0, 0.05) is 49.6 Å². The van der Waals surface area contributed by atoms with Crippen molar-refractivity contribution >= 4 is 11.7 Å². The Labute approximate surface area is 176 Å². The van der Waals surface area contributed by atoms with Crippen molar-refractivity contribution in [2.24, 2.45) is 5.92 Å². The van der Waals surface area contributed by atoms with E-state index in [-0.39, 0.29) is 11.8 Å². The van der Waals surface area contributed by atoms with Crippen LogP contribution in [0.1, 0.15) is 18.4 Å². The number of piperidine rings is 1. The van der Waals surface area contributed by atoms with Crippen LogP contribution in [0.15, 0.2) is 61.2 Å². The number of hydrogen-bond donors (Lipinski definition) is 1. The monoisotopic (exact) mass is 403 g/mol. The molecule has 154 valence electrons. The molecule has 3 aromatic rings. The molecule has 1 aliphatic rings. The zero-order chi connectivity index (χ0) is 20.8. The standard InChI is InChI=1S/C23H25N5O2/c1-30-20-4-2-18(3-5-20)21-14-22(27-16-26-21)28-12-8-19(9-13-28)23(29)25-15-17-6-10-24-11-7-17/h2-7,10-11,14,16,19H,8-9,12-13,15H2,1H3,(H,25,29). The zero-order valence-electron chi connectivity index (χ0n) is 17.0. The number of carbonyl (C=O) groups excluding carboxylic acids is 1. The Morgan fingerprint density at radius 3 is 2.53 bits per heavy atom. The number of amides is 1. The van der Waals surface area contributed by atoms with Crippen LogP contribution in [0.5, 0.6) is 5.75 Å². The minimum absolute atomic E-state index is 0.0333. The molecule has 0 unspecified atom stereocenters. The predicted molar refractivity (Wildman–Crippen MR) is 115 cm³/mol. The molecule has 1 aromatic carbocycles. The van der Waals surface area contributed by atoms with Gasteiger partial charge in [0.25, 0.3) is 0 Å². The lowest BCUT2D eigenvalue weighted by Gasteiger charge is -2.32. The van der Waals surface area contributed by atoms with Gasteiger partial charge in [-0.1, -0.05) is 0 Å². The van der Waals surface area contributed by atoms with Crippen LogP contribution in [-0.4, -0.2) is 41.1 Å². The smallest absolute Gasteiger partial charge is 0.223 e. The SMILES string of the molecule is COc1ccc(-c2cc(N3CCC(C(=O)NCc4ccncc4)CC3)ncn2)cc1. The van der Waals surface area contributed by atoms with Gasteiger partial charge in [-0.2, -0.15) is 0 Å². The molecule has 0 spiro atoms. The van der Waals surface area contributed by atoms with Gasteiger partial charge in [0.2, 0.25) is 5.91 Å². The number of anilines is 1. The number of methoxy groups -OCH3 is 1. The molecule has 4 rings (SSSR count). The van der Waals surface area contributed by atoms with Crippen molar-refractivity contribution in [2.75, 3.05) is 25.1 Å². The molecule has 3 heterocycles. The van der Waals surface area contributed by atoms with Crippen LogP contribution in [0.4, 0.5) is 5.82 Å². The van der Waals surface area contributed by atoms with Crippen molar-refractivity contribution in [1.29, 1.82) is 0 Å². The van der Waals surface area contributed by atoms with Crippen LogP contribution in [0.3, 0.4) is 0 Å². The van der Waals surface area contributed by atoms with Gasteiger partial charge < -0.3 is 15.0 Å². The second kappa shape index (κ2) is 9.35. The maximum atomic E-state index is 12.5. The third kappa shape index (κ3) is 4.74. The second-order valence-electron chi connectivity index (χ2n) is 7.32. The third-order valence-corrected chi connectivity index (χ3v) is 5.44. The molecule has 1 amide bonds. The molecule has 0 radical (unpaired) electrons. The molecular formula is C23H25N5O2. The second-order valence-corrected chi connectivity index (χ2v) is 7.32. The molecule has 2 aromatic heterocycles. The van der Waals surface area contributed by atoms with Gasteiger partial charge in [-0.05, 0) is 54.8 Å². The molecule has 0 atom stereocenters. The highest BCUT2D eigenvalue weighted by Gasteiger charge is 2.25. The van der Waals surface area contributed by atoms with Crippen LogP contribution in [0.2, 0.25) is 0 Å². The van der Waals surface area contributed by atoms with Crippen LogP contribution in [0, 0.1) is 5.92 Å². The molecule has 7 nitrogen and oxygen atoms in total. The van der Waals surface area contributed by atoms with E-state index in [1.54, 1.807) is 25.8 Å². The first-order valence-electron chi connectivity index (χ1n) is 10.1. The molecule has 7 heteroatoms. The lowest BCUT2D eigenvalue weighted by molar-refractivity contribution is -0.125. The highest BCUT2D eigenvalue weighted by atomic mass is 16.5. The Balaban J connectivity index is 1.34. The van der Waals surface area contributed by atoms with E-state index in [4.69, 9.17) is 4.74 Å². The summed E-state index contributed by atoms with van der Waals surface area (Å²) >= 11 is 0. The molecule has 1 N–H and O–H groups in total. The Morgan fingerprint density at radius 1 is 1.10 bits per heavy atom. The summed E-state index contributed by atoms with van der Waals surface area (Å²) in [6, 6.07) is 13.7. The van der Waals surface area contributed by atoms with Crippen LogP contribution in [0.25, 0.3) is 11.3 Å². The normalized spacial score (nSPS) is 14.4. The molecule has 1 aliphatic heterocycles. The van der Waals surface area contributed by atoms with Crippen molar-refractivity contribution in [2.45, 2.75) is 19.4 Å².